The summed E-state index contributed by atoms with van der Waals surface area (Å²) in [5.74, 6) is -0.438. The molecule has 0 aliphatic heterocycles. The van der Waals surface area contributed by atoms with Crippen molar-refractivity contribution in [3.05, 3.63) is 131 Å². The molecule has 0 atom stereocenters. The third kappa shape index (κ3) is 6.92. The lowest BCUT2D eigenvalue weighted by Gasteiger charge is -2.15. The van der Waals surface area contributed by atoms with Crippen molar-refractivity contribution in [3.8, 4) is 0 Å². The average Bonchev–Trinajstić information content (AvgIpc) is 3.42. The normalized spacial score (nSPS) is 12.8. The molecular weight excluding hydrogens is 593 g/mol. The molecule has 7 nitrogen and oxygen atoms in total. The molecule has 1 heterocycles. The van der Waals surface area contributed by atoms with Gasteiger partial charge in [0.2, 0.25) is 5.91 Å². The molecule has 0 bridgehead atoms. The quantitative estimate of drug-likeness (QED) is 0.131. The molecule has 1 aromatic heterocycles. The largest absolute Gasteiger partial charge is 0.378 e. The number of carbonyl (C=O) groups excluding carboxylic acids is 3. The van der Waals surface area contributed by atoms with Crippen LogP contribution in [0.25, 0.3) is 17.0 Å². The lowest BCUT2D eigenvalue weighted by Crippen LogP contribution is -2.30. The van der Waals surface area contributed by atoms with E-state index in [2.05, 4.69) is 16.7 Å². The molecule has 4 aromatic carbocycles. The van der Waals surface area contributed by atoms with E-state index in [1.54, 1.807) is 42.5 Å². The summed E-state index contributed by atoms with van der Waals surface area (Å²) in [6.07, 6.45) is 5.87. The molecule has 5 aromatic rings. The van der Waals surface area contributed by atoms with E-state index in [4.69, 9.17) is 0 Å². The van der Waals surface area contributed by atoms with Crippen molar-refractivity contribution in [3.63, 3.8) is 0 Å². The minimum absolute atomic E-state index is 0.0734. The van der Waals surface area contributed by atoms with Crippen LogP contribution < -0.4 is 15.5 Å². The summed E-state index contributed by atoms with van der Waals surface area (Å²) >= 11 is 1.48. The minimum Gasteiger partial charge on any atom is -0.378 e. The van der Waals surface area contributed by atoms with Crippen LogP contribution in [-0.4, -0.2) is 42.1 Å². The van der Waals surface area contributed by atoms with Gasteiger partial charge in [0.05, 0.1) is 11.3 Å². The number of amides is 2. The summed E-state index contributed by atoms with van der Waals surface area (Å²) in [6, 6.07) is 32.1. The van der Waals surface area contributed by atoms with Crippen LogP contribution in [0.5, 0.6) is 0 Å². The lowest BCUT2D eigenvalue weighted by molar-refractivity contribution is -0.113. The smallest absolute Gasteiger partial charge is 0.272 e. The van der Waals surface area contributed by atoms with Gasteiger partial charge >= 0.3 is 0 Å². The van der Waals surface area contributed by atoms with Gasteiger partial charge in [-0.1, -0.05) is 48.5 Å². The van der Waals surface area contributed by atoms with Crippen molar-refractivity contribution in [2.75, 3.05) is 30.1 Å². The van der Waals surface area contributed by atoms with Crippen molar-refractivity contribution in [1.82, 2.24) is 9.88 Å². The highest BCUT2D eigenvalue weighted by Gasteiger charge is 2.23. The molecule has 1 aliphatic rings. The number of hydrogen-bond acceptors (Lipinski definition) is 5. The number of anilines is 2. The number of aromatic nitrogens is 1. The average molecular weight is 629 g/mol. The second-order valence-electron chi connectivity index (χ2n) is 11.5. The Kier molecular flexibility index (Phi) is 9.36. The first kappa shape index (κ1) is 30.9. The van der Waals surface area contributed by atoms with E-state index in [-0.39, 0.29) is 17.5 Å². The Morgan fingerprint density at radius 1 is 0.826 bits per heavy atom. The van der Waals surface area contributed by atoms with Gasteiger partial charge in [-0.25, -0.2) is 0 Å². The Labute approximate surface area is 273 Å². The van der Waals surface area contributed by atoms with Crippen molar-refractivity contribution in [2.45, 2.75) is 30.6 Å². The first-order valence-electron chi connectivity index (χ1n) is 15.4. The van der Waals surface area contributed by atoms with Gasteiger partial charge in [-0.2, -0.15) is 0 Å². The summed E-state index contributed by atoms with van der Waals surface area (Å²) in [7, 11) is 3.92. The van der Waals surface area contributed by atoms with E-state index in [9.17, 15) is 14.4 Å². The molecule has 6 rings (SSSR count). The Morgan fingerprint density at radius 3 is 2.26 bits per heavy atom. The predicted molar refractivity (Wildman–Crippen MR) is 188 cm³/mol. The van der Waals surface area contributed by atoms with Gasteiger partial charge in [-0.05, 0) is 97.5 Å². The number of hydrogen-bond donors (Lipinski definition) is 2. The Hall–Kier alpha value is -5.08. The van der Waals surface area contributed by atoms with Gasteiger partial charge in [0, 0.05) is 47.0 Å². The molecule has 0 radical (unpaired) electrons. The molecule has 0 saturated carbocycles. The molecule has 8 heteroatoms. The molecule has 0 fully saturated rings. The van der Waals surface area contributed by atoms with E-state index >= 15 is 0 Å². The number of fused-ring (bicyclic) bond motifs is 3. The van der Waals surface area contributed by atoms with E-state index in [1.807, 2.05) is 84.2 Å². The Morgan fingerprint density at radius 2 is 1.52 bits per heavy atom. The topological polar surface area (TPSA) is 83.4 Å². The monoisotopic (exact) mass is 628 g/mol. The molecule has 46 heavy (non-hydrogen) atoms. The highest BCUT2D eigenvalue weighted by molar-refractivity contribution is 8.00. The van der Waals surface area contributed by atoms with Crippen LogP contribution in [0.2, 0.25) is 0 Å². The number of rotatable bonds is 9. The molecule has 232 valence electrons. The van der Waals surface area contributed by atoms with Crippen LogP contribution in [0.15, 0.2) is 114 Å². The van der Waals surface area contributed by atoms with Gasteiger partial charge in [0.1, 0.15) is 5.70 Å². The highest BCUT2D eigenvalue weighted by atomic mass is 32.2. The van der Waals surface area contributed by atoms with Crippen molar-refractivity contribution in [1.29, 1.82) is 0 Å². The van der Waals surface area contributed by atoms with Crippen molar-refractivity contribution in [2.24, 2.45) is 0 Å². The fourth-order valence-electron chi connectivity index (χ4n) is 5.80. The number of thioether (sulfide) groups is 1. The second-order valence-corrected chi connectivity index (χ2v) is 12.6. The summed E-state index contributed by atoms with van der Waals surface area (Å²) in [5.41, 5.74) is 6.43. The van der Waals surface area contributed by atoms with Crippen LogP contribution in [0.4, 0.5) is 11.4 Å². The van der Waals surface area contributed by atoms with Crippen LogP contribution >= 0.6 is 11.8 Å². The predicted octanol–water partition coefficient (Wildman–Crippen LogP) is 7.43. The number of para-hydroxylation sites is 1. The number of nitrogens with one attached hydrogen (secondary N) is 2. The van der Waals surface area contributed by atoms with Crippen LogP contribution in [0, 0.1) is 0 Å². The molecule has 2 N–H and O–H groups in total. The van der Waals surface area contributed by atoms with E-state index < -0.39 is 5.91 Å². The fourth-order valence-corrected chi connectivity index (χ4v) is 6.55. The zero-order valence-corrected chi connectivity index (χ0v) is 26.8. The molecule has 1 aliphatic carbocycles. The van der Waals surface area contributed by atoms with Crippen LogP contribution in [0.1, 0.15) is 44.8 Å². The maximum atomic E-state index is 13.5. The standard InChI is InChI=1S/C38H36N4O3S/c1-41(2)29-20-16-26(17-21-29)24-33(40-37(44)27-10-4-3-5-11-27)38(45)39-28-18-22-30(23-19-28)46-25-36(43)42-34-14-8-6-12-31(34)32-13-7-9-15-35(32)42/h3-6,8,10-12,14,16-24H,7,9,13,15,25H2,1-2H3,(H,39,45)(H,40,44)/b33-24-. The van der Waals surface area contributed by atoms with E-state index in [1.165, 1.54) is 22.7 Å². The van der Waals surface area contributed by atoms with Crippen LogP contribution in [-0.2, 0) is 17.6 Å². The molecule has 0 spiro atoms. The summed E-state index contributed by atoms with van der Waals surface area (Å²) in [4.78, 5) is 42.8. The summed E-state index contributed by atoms with van der Waals surface area (Å²) < 4.78 is 1.93. The SMILES string of the molecule is CN(C)c1ccc(/C=C(\NC(=O)c2ccccc2)C(=O)Nc2ccc(SCC(=O)n3c4c(c5ccccc53)CCCC4)cc2)cc1. The summed E-state index contributed by atoms with van der Waals surface area (Å²) in [6.45, 7) is 0. The third-order valence-corrected chi connectivity index (χ3v) is 9.15. The lowest BCUT2D eigenvalue weighted by atomic mass is 9.96. The van der Waals surface area contributed by atoms with Gasteiger partial charge in [0.25, 0.3) is 11.8 Å². The molecular formula is C38H36N4O3S. The number of nitrogens with zero attached hydrogens (tertiary/aromatic N) is 2. The second kappa shape index (κ2) is 13.9. The van der Waals surface area contributed by atoms with Gasteiger partial charge < -0.3 is 15.5 Å². The summed E-state index contributed by atoms with van der Waals surface area (Å²) in [5, 5.41) is 6.88. The fraction of sp³-hybridized carbons (Fsp3) is 0.184. The Bertz CT molecular complexity index is 1910. The van der Waals surface area contributed by atoms with E-state index in [0.29, 0.717) is 17.0 Å². The number of aryl methyl sites for hydroxylation is 1. The van der Waals surface area contributed by atoms with Gasteiger partial charge in [-0.15, -0.1) is 11.8 Å². The molecule has 2 amide bonds. The third-order valence-electron chi connectivity index (χ3n) is 8.15. The van der Waals surface area contributed by atoms with Crippen molar-refractivity contribution >= 4 is 57.8 Å². The first-order valence-corrected chi connectivity index (χ1v) is 16.4. The maximum Gasteiger partial charge on any atom is 0.272 e. The molecule has 0 unspecified atom stereocenters. The maximum absolute atomic E-state index is 13.5. The van der Waals surface area contributed by atoms with Gasteiger partial charge in [-0.3, -0.25) is 19.0 Å². The Balaban J connectivity index is 1.15. The molecule has 0 saturated heterocycles. The highest BCUT2D eigenvalue weighted by Crippen LogP contribution is 2.33. The zero-order valence-electron chi connectivity index (χ0n) is 26.0. The van der Waals surface area contributed by atoms with E-state index in [0.717, 1.165) is 53.0 Å². The zero-order chi connectivity index (χ0) is 32.0. The minimum atomic E-state index is -0.444. The van der Waals surface area contributed by atoms with Gasteiger partial charge in [0.15, 0.2) is 0 Å². The number of carbonyl (C=O) groups is 3. The van der Waals surface area contributed by atoms with Crippen LogP contribution in [0.3, 0.4) is 0 Å². The van der Waals surface area contributed by atoms with Crippen molar-refractivity contribution < 1.29 is 14.4 Å². The number of benzene rings is 4. The first-order chi connectivity index (χ1) is 22.4.